The van der Waals surface area contributed by atoms with Crippen LogP contribution in [0.2, 0.25) is 5.02 Å². The van der Waals surface area contributed by atoms with E-state index in [1.165, 1.54) is 12.1 Å². The van der Waals surface area contributed by atoms with E-state index in [0.717, 1.165) is 50.6 Å². The zero-order valence-corrected chi connectivity index (χ0v) is 13.9. The molecule has 3 rings (SSSR count). The highest BCUT2D eigenvalue weighted by Gasteiger charge is 2.38. The van der Waals surface area contributed by atoms with Crippen LogP contribution in [0.3, 0.4) is 0 Å². The first-order valence-electron chi connectivity index (χ1n) is 8.13. The zero-order valence-electron chi connectivity index (χ0n) is 13.1. The highest BCUT2D eigenvalue weighted by Crippen LogP contribution is 2.24. The molecule has 4 nitrogen and oxygen atoms in total. The number of hydrogen-bond donors (Lipinski definition) is 1. The number of halogens is 1. The number of carbonyl (C=O) groups excluding carboxylic acids is 1. The first-order valence-corrected chi connectivity index (χ1v) is 8.51. The van der Waals surface area contributed by atoms with Gasteiger partial charge >= 0.3 is 0 Å². The molecule has 1 aromatic rings. The van der Waals surface area contributed by atoms with Gasteiger partial charge in [-0.15, -0.1) is 0 Å². The van der Waals surface area contributed by atoms with Gasteiger partial charge in [0.15, 0.2) is 0 Å². The molecule has 0 aliphatic carbocycles. The summed E-state index contributed by atoms with van der Waals surface area (Å²) in [5.41, 5.74) is 0.819. The molecule has 2 fully saturated rings. The summed E-state index contributed by atoms with van der Waals surface area (Å²) in [4.78, 5) is 17.1. The molecule has 2 aliphatic rings. The standard InChI is InChI=1S/C17H24ClN3O/c1-17(8-2-3-9-19-17)16(22)21-12-10-20(11-13-21)15-6-4-14(18)5-7-15/h4-7,19H,2-3,8-13H2,1H3. The molecule has 2 aliphatic heterocycles. The van der Waals surface area contributed by atoms with Crippen LogP contribution in [0.25, 0.3) is 0 Å². The summed E-state index contributed by atoms with van der Waals surface area (Å²) >= 11 is 5.94. The van der Waals surface area contributed by atoms with Gasteiger partial charge < -0.3 is 15.1 Å². The fraction of sp³-hybridized carbons (Fsp3) is 0.588. The summed E-state index contributed by atoms with van der Waals surface area (Å²) in [7, 11) is 0. The molecule has 1 unspecified atom stereocenters. The van der Waals surface area contributed by atoms with Crippen LogP contribution >= 0.6 is 11.6 Å². The molecule has 2 heterocycles. The summed E-state index contributed by atoms with van der Waals surface area (Å²) < 4.78 is 0. The number of hydrogen-bond acceptors (Lipinski definition) is 3. The molecule has 0 saturated carbocycles. The molecule has 1 aromatic carbocycles. The van der Waals surface area contributed by atoms with Gasteiger partial charge in [0.05, 0.1) is 5.54 Å². The van der Waals surface area contributed by atoms with E-state index in [9.17, 15) is 4.79 Å². The number of benzene rings is 1. The summed E-state index contributed by atoms with van der Waals surface area (Å²) in [6.07, 6.45) is 3.26. The molecule has 0 bridgehead atoms. The maximum Gasteiger partial charge on any atom is 0.242 e. The van der Waals surface area contributed by atoms with Crippen LogP contribution in [0.1, 0.15) is 26.2 Å². The molecular weight excluding hydrogens is 298 g/mol. The van der Waals surface area contributed by atoms with Gasteiger partial charge in [-0.3, -0.25) is 4.79 Å². The average Bonchev–Trinajstić information content (AvgIpc) is 2.56. The van der Waals surface area contributed by atoms with E-state index in [-0.39, 0.29) is 11.4 Å². The Hall–Kier alpha value is -1.26. The maximum atomic E-state index is 12.8. The molecular formula is C17H24ClN3O. The lowest BCUT2D eigenvalue weighted by Gasteiger charge is -2.42. The van der Waals surface area contributed by atoms with E-state index in [1.807, 2.05) is 29.2 Å². The maximum absolute atomic E-state index is 12.8. The van der Waals surface area contributed by atoms with Crippen LogP contribution in [-0.4, -0.2) is 49.1 Å². The number of piperidine rings is 1. The van der Waals surface area contributed by atoms with Crippen LogP contribution in [-0.2, 0) is 4.79 Å². The molecule has 5 heteroatoms. The van der Waals surface area contributed by atoms with Crippen LogP contribution in [0.5, 0.6) is 0 Å². The molecule has 0 aromatic heterocycles. The van der Waals surface area contributed by atoms with Crippen LogP contribution < -0.4 is 10.2 Å². The molecule has 2 saturated heterocycles. The van der Waals surface area contributed by atoms with Crippen LogP contribution in [0.15, 0.2) is 24.3 Å². The second-order valence-electron chi connectivity index (χ2n) is 6.47. The van der Waals surface area contributed by atoms with E-state index in [4.69, 9.17) is 11.6 Å². The van der Waals surface area contributed by atoms with Crippen LogP contribution in [0, 0.1) is 0 Å². The number of nitrogens with zero attached hydrogens (tertiary/aromatic N) is 2. The number of nitrogens with one attached hydrogen (secondary N) is 1. The van der Waals surface area contributed by atoms with Crippen molar-refractivity contribution < 1.29 is 4.79 Å². The highest BCUT2D eigenvalue weighted by atomic mass is 35.5. The quantitative estimate of drug-likeness (QED) is 0.909. The van der Waals surface area contributed by atoms with E-state index >= 15 is 0 Å². The lowest BCUT2D eigenvalue weighted by atomic mass is 9.89. The Morgan fingerprint density at radius 1 is 1.14 bits per heavy atom. The van der Waals surface area contributed by atoms with Crippen molar-refractivity contribution in [2.75, 3.05) is 37.6 Å². The topological polar surface area (TPSA) is 35.6 Å². The first-order chi connectivity index (χ1) is 10.6. The van der Waals surface area contributed by atoms with E-state index < -0.39 is 0 Å². The van der Waals surface area contributed by atoms with Crippen molar-refractivity contribution in [3.8, 4) is 0 Å². The van der Waals surface area contributed by atoms with Gasteiger partial charge in [-0.2, -0.15) is 0 Å². The predicted molar refractivity (Wildman–Crippen MR) is 90.5 cm³/mol. The fourth-order valence-electron chi connectivity index (χ4n) is 3.41. The molecule has 1 amide bonds. The Labute approximate surface area is 137 Å². The molecule has 22 heavy (non-hydrogen) atoms. The van der Waals surface area contributed by atoms with Gasteiger partial charge in [-0.25, -0.2) is 0 Å². The van der Waals surface area contributed by atoms with E-state index in [2.05, 4.69) is 17.1 Å². The lowest BCUT2D eigenvalue weighted by Crippen LogP contribution is -2.61. The number of rotatable bonds is 2. The van der Waals surface area contributed by atoms with E-state index in [1.54, 1.807) is 0 Å². The average molecular weight is 322 g/mol. The molecule has 120 valence electrons. The summed E-state index contributed by atoms with van der Waals surface area (Å²) in [6.45, 7) is 6.34. The van der Waals surface area contributed by atoms with Gasteiger partial charge in [0, 0.05) is 36.9 Å². The minimum absolute atomic E-state index is 0.267. The Kier molecular flexibility index (Phi) is 4.59. The Morgan fingerprint density at radius 3 is 2.41 bits per heavy atom. The summed E-state index contributed by atoms with van der Waals surface area (Å²) in [5.74, 6) is 0.267. The van der Waals surface area contributed by atoms with Gasteiger partial charge in [-0.05, 0) is 57.0 Å². The second kappa shape index (κ2) is 6.47. The molecule has 0 radical (unpaired) electrons. The van der Waals surface area contributed by atoms with Crippen LogP contribution in [0.4, 0.5) is 5.69 Å². The Morgan fingerprint density at radius 2 is 1.82 bits per heavy atom. The fourth-order valence-corrected chi connectivity index (χ4v) is 3.53. The third kappa shape index (κ3) is 3.23. The van der Waals surface area contributed by atoms with Crippen molar-refractivity contribution in [1.82, 2.24) is 10.2 Å². The third-order valence-corrected chi connectivity index (χ3v) is 5.10. The number of amides is 1. The monoisotopic (exact) mass is 321 g/mol. The highest BCUT2D eigenvalue weighted by molar-refractivity contribution is 6.30. The molecule has 0 spiro atoms. The minimum Gasteiger partial charge on any atom is -0.368 e. The third-order valence-electron chi connectivity index (χ3n) is 4.85. The summed E-state index contributed by atoms with van der Waals surface area (Å²) in [5, 5.41) is 4.18. The lowest BCUT2D eigenvalue weighted by molar-refractivity contribution is -0.139. The van der Waals surface area contributed by atoms with Crippen molar-refractivity contribution in [1.29, 1.82) is 0 Å². The van der Waals surface area contributed by atoms with Gasteiger partial charge in [0.25, 0.3) is 0 Å². The van der Waals surface area contributed by atoms with Crippen molar-refractivity contribution in [2.24, 2.45) is 0 Å². The predicted octanol–water partition coefficient (Wildman–Crippen LogP) is 2.52. The Balaban J connectivity index is 1.59. The first kappa shape index (κ1) is 15.6. The number of piperazine rings is 1. The second-order valence-corrected chi connectivity index (χ2v) is 6.91. The van der Waals surface area contributed by atoms with Crippen molar-refractivity contribution in [2.45, 2.75) is 31.7 Å². The minimum atomic E-state index is -0.360. The zero-order chi connectivity index (χ0) is 15.6. The van der Waals surface area contributed by atoms with Gasteiger partial charge in [0.1, 0.15) is 0 Å². The van der Waals surface area contributed by atoms with Gasteiger partial charge in [-0.1, -0.05) is 11.6 Å². The smallest absolute Gasteiger partial charge is 0.242 e. The summed E-state index contributed by atoms with van der Waals surface area (Å²) in [6, 6.07) is 7.93. The SMILES string of the molecule is CC1(C(=O)N2CCN(c3ccc(Cl)cc3)CC2)CCCCN1. The normalized spacial score (nSPS) is 26.1. The number of anilines is 1. The van der Waals surface area contributed by atoms with E-state index in [0.29, 0.717) is 0 Å². The van der Waals surface area contributed by atoms with Gasteiger partial charge in [0.2, 0.25) is 5.91 Å². The van der Waals surface area contributed by atoms with Crippen molar-refractivity contribution in [3.05, 3.63) is 29.3 Å². The van der Waals surface area contributed by atoms with Crippen molar-refractivity contribution >= 4 is 23.2 Å². The largest absolute Gasteiger partial charge is 0.368 e. The van der Waals surface area contributed by atoms with Crippen molar-refractivity contribution in [3.63, 3.8) is 0 Å². The number of carbonyl (C=O) groups is 1. The Bertz CT molecular complexity index is 517. The molecule has 1 N–H and O–H groups in total. The molecule has 1 atom stereocenters.